The monoisotopic (exact) mass is 454 g/mol. The van der Waals surface area contributed by atoms with Crippen LogP contribution in [-0.2, 0) is 4.79 Å². The van der Waals surface area contributed by atoms with Crippen LogP contribution in [0.5, 0.6) is 0 Å². The summed E-state index contributed by atoms with van der Waals surface area (Å²) in [6.45, 7) is 5.30. The summed E-state index contributed by atoms with van der Waals surface area (Å²) in [5.74, 6) is 2.18. The molecule has 2 unspecified atom stereocenters. The van der Waals surface area contributed by atoms with Crippen LogP contribution in [0.1, 0.15) is 19.8 Å². The highest BCUT2D eigenvalue weighted by molar-refractivity contribution is 6.30. The molecule has 5 rings (SSSR count). The zero-order chi connectivity index (χ0) is 22.1. The number of amides is 1. The predicted molar refractivity (Wildman–Crippen MR) is 123 cm³/mol. The Kier molecular flexibility index (Phi) is 5.95. The van der Waals surface area contributed by atoms with Crippen molar-refractivity contribution in [1.29, 1.82) is 0 Å². The molecule has 2 aliphatic rings. The number of hydrazine groups is 1. The van der Waals surface area contributed by atoms with Gasteiger partial charge in [0.25, 0.3) is 0 Å². The Labute approximate surface area is 191 Å². The third-order valence-corrected chi connectivity index (χ3v) is 6.73. The number of nitrogens with zero attached hydrogens (tertiary/aromatic N) is 5. The van der Waals surface area contributed by atoms with Crippen LogP contribution in [0, 0.1) is 11.8 Å². The number of benzene rings is 1. The van der Waals surface area contributed by atoms with E-state index in [1.807, 2.05) is 36.4 Å². The van der Waals surface area contributed by atoms with Crippen molar-refractivity contribution in [2.24, 2.45) is 11.8 Å². The lowest BCUT2D eigenvalue weighted by Gasteiger charge is -2.32. The number of fused-ring (bicyclic) bond motifs is 1. The summed E-state index contributed by atoms with van der Waals surface area (Å²) in [6.07, 6.45) is 1.63. The Bertz CT molecular complexity index is 1090. The van der Waals surface area contributed by atoms with Crippen LogP contribution >= 0.6 is 11.6 Å². The van der Waals surface area contributed by atoms with E-state index in [9.17, 15) is 4.79 Å². The molecule has 1 aromatic carbocycles. The van der Waals surface area contributed by atoms with Gasteiger partial charge in [-0.2, -0.15) is 4.52 Å². The van der Waals surface area contributed by atoms with Gasteiger partial charge in [-0.15, -0.1) is 15.3 Å². The number of carbonyl (C=O) groups excluding carboxylic acids is 1. The van der Waals surface area contributed by atoms with Gasteiger partial charge in [0, 0.05) is 54.6 Å². The molecule has 0 bridgehead atoms. The fourth-order valence-corrected chi connectivity index (χ4v) is 4.49. The molecule has 2 fully saturated rings. The normalized spacial score (nSPS) is 21.9. The molecule has 9 nitrogen and oxygen atoms in total. The minimum absolute atomic E-state index is 0.0483. The number of aromatic nitrogens is 4. The van der Waals surface area contributed by atoms with Gasteiger partial charge < -0.3 is 10.2 Å². The van der Waals surface area contributed by atoms with E-state index in [1.54, 1.807) is 4.52 Å². The molecule has 0 spiro atoms. The lowest BCUT2D eigenvalue weighted by Crippen LogP contribution is -2.43. The van der Waals surface area contributed by atoms with E-state index in [0.717, 1.165) is 43.9 Å². The summed E-state index contributed by atoms with van der Waals surface area (Å²) < 4.78 is 1.77. The molecular weight excluding hydrogens is 428 g/mol. The van der Waals surface area contributed by atoms with E-state index < -0.39 is 0 Å². The van der Waals surface area contributed by atoms with Crippen molar-refractivity contribution in [3.63, 3.8) is 0 Å². The number of nitrogens with one attached hydrogen (secondary N) is 3. The topological polar surface area (TPSA) is 99.5 Å². The van der Waals surface area contributed by atoms with E-state index in [0.29, 0.717) is 35.0 Å². The van der Waals surface area contributed by atoms with E-state index in [2.05, 4.69) is 38.2 Å². The predicted octanol–water partition coefficient (Wildman–Crippen LogP) is 1.89. The van der Waals surface area contributed by atoms with Crippen LogP contribution in [0.3, 0.4) is 0 Å². The van der Waals surface area contributed by atoms with E-state index in [1.165, 1.54) is 0 Å². The zero-order valence-electron chi connectivity index (χ0n) is 18.0. The van der Waals surface area contributed by atoms with Gasteiger partial charge >= 0.3 is 0 Å². The van der Waals surface area contributed by atoms with E-state index in [4.69, 9.17) is 16.7 Å². The smallest absolute Gasteiger partial charge is 0.223 e. The summed E-state index contributed by atoms with van der Waals surface area (Å²) in [6, 6.07) is 11.8. The Balaban J connectivity index is 1.23. The highest BCUT2D eigenvalue weighted by atomic mass is 35.5. The lowest BCUT2D eigenvalue weighted by atomic mass is 9.95. The fourth-order valence-electron chi connectivity index (χ4n) is 4.37. The minimum atomic E-state index is 0.0483. The van der Waals surface area contributed by atoms with Crippen LogP contribution in [0.4, 0.5) is 5.82 Å². The van der Waals surface area contributed by atoms with Crippen molar-refractivity contribution >= 4 is 29.0 Å². The van der Waals surface area contributed by atoms with Gasteiger partial charge in [-0.3, -0.25) is 15.6 Å². The molecular formula is C22H27ClN8O. The van der Waals surface area contributed by atoms with Crippen LogP contribution in [-0.4, -0.2) is 57.9 Å². The first-order valence-corrected chi connectivity index (χ1v) is 11.5. The molecule has 2 aliphatic heterocycles. The molecule has 2 aromatic heterocycles. The number of carbonyl (C=O) groups is 1. The minimum Gasteiger partial charge on any atom is -0.355 e. The third kappa shape index (κ3) is 4.28. The Morgan fingerprint density at radius 3 is 2.66 bits per heavy atom. The standard InChI is InChI=1S/C22H27ClN8O/c1-14-17(13-25-26-14)12-24-22(32)16-8-10-30(11-9-16)20-7-6-19-27-28-21(31(19)29-20)15-2-4-18(23)5-3-15/h2-7,14,16-17,25-26H,8-13H2,1H3,(H,24,32). The SMILES string of the molecule is CC1NNCC1CNC(=O)C1CCN(c2ccc3nnc(-c4ccc(Cl)cc4)n3n2)CC1. The van der Waals surface area contributed by atoms with Crippen molar-refractivity contribution in [3.8, 4) is 11.4 Å². The number of halogens is 1. The first-order valence-electron chi connectivity index (χ1n) is 11.1. The molecule has 3 N–H and O–H groups in total. The summed E-state index contributed by atoms with van der Waals surface area (Å²) in [4.78, 5) is 14.9. The summed E-state index contributed by atoms with van der Waals surface area (Å²) in [7, 11) is 0. The number of hydrogen-bond acceptors (Lipinski definition) is 7. The van der Waals surface area contributed by atoms with Gasteiger partial charge in [0.05, 0.1) is 0 Å². The summed E-state index contributed by atoms with van der Waals surface area (Å²) in [5.41, 5.74) is 7.94. The molecule has 0 radical (unpaired) electrons. The van der Waals surface area contributed by atoms with Crippen molar-refractivity contribution in [3.05, 3.63) is 41.4 Å². The quantitative estimate of drug-likeness (QED) is 0.541. The van der Waals surface area contributed by atoms with Gasteiger partial charge in [-0.25, -0.2) is 0 Å². The number of hydrogen-bond donors (Lipinski definition) is 3. The van der Waals surface area contributed by atoms with Crippen molar-refractivity contribution in [1.82, 2.24) is 36.0 Å². The zero-order valence-corrected chi connectivity index (χ0v) is 18.7. The highest BCUT2D eigenvalue weighted by Gasteiger charge is 2.28. The lowest BCUT2D eigenvalue weighted by molar-refractivity contribution is -0.125. The van der Waals surface area contributed by atoms with Crippen LogP contribution in [0.15, 0.2) is 36.4 Å². The van der Waals surface area contributed by atoms with Gasteiger partial charge in [-0.1, -0.05) is 11.6 Å². The largest absolute Gasteiger partial charge is 0.355 e. The average Bonchev–Trinajstić information content (AvgIpc) is 3.43. The molecule has 2 saturated heterocycles. The molecule has 3 aromatic rings. The molecule has 168 valence electrons. The first-order chi connectivity index (χ1) is 15.6. The maximum atomic E-state index is 12.7. The van der Waals surface area contributed by atoms with Gasteiger partial charge in [0.15, 0.2) is 11.5 Å². The average molecular weight is 455 g/mol. The number of piperidine rings is 1. The molecule has 10 heteroatoms. The number of rotatable bonds is 5. The second kappa shape index (κ2) is 9.01. The van der Waals surface area contributed by atoms with Crippen molar-refractivity contribution < 1.29 is 4.79 Å². The van der Waals surface area contributed by atoms with E-state index in [-0.39, 0.29) is 11.8 Å². The van der Waals surface area contributed by atoms with Crippen molar-refractivity contribution in [2.75, 3.05) is 31.1 Å². The summed E-state index contributed by atoms with van der Waals surface area (Å²) >= 11 is 6.01. The first kappa shape index (κ1) is 21.1. The van der Waals surface area contributed by atoms with Gasteiger partial charge in [0.2, 0.25) is 5.91 Å². The van der Waals surface area contributed by atoms with Gasteiger partial charge in [0.1, 0.15) is 5.82 Å². The van der Waals surface area contributed by atoms with Crippen LogP contribution < -0.4 is 21.1 Å². The van der Waals surface area contributed by atoms with Crippen molar-refractivity contribution in [2.45, 2.75) is 25.8 Å². The second-order valence-electron chi connectivity index (χ2n) is 8.57. The molecule has 0 saturated carbocycles. The van der Waals surface area contributed by atoms with E-state index >= 15 is 0 Å². The Morgan fingerprint density at radius 2 is 1.94 bits per heavy atom. The molecule has 4 heterocycles. The molecule has 32 heavy (non-hydrogen) atoms. The molecule has 1 amide bonds. The fraction of sp³-hybridized carbons (Fsp3) is 0.455. The third-order valence-electron chi connectivity index (χ3n) is 6.48. The van der Waals surface area contributed by atoms with Crippen LogP contribution in [0.2, 0.25) is 5.02 Å². The second-order valence-corrected chi connectivity index (χ2v) is 9.01. The Morgan fingerprint density at radius 1 is 1.16 bits per heavy atom. The van der Waals surface area contributed by atoms with Gasteiger partial charge in [-0.05, 0) is 56.2 Å². The van der Waals surface area contributed by atoms with Crippen LogP contribution in [0.25, 0.3) is 17.0 Å². The molecule has 2 atom stereocenters. The maximum Gasteiger partial charge on any atom is 0.223 e. The molecule has 0 aliphatic carbocycles. The Hall–Kier alpha value is -2.75. The highest BCUT2D eigenvalue weighted by Crippen LogP contribution is 2.25. The maximum absolute atomic E-state index is 12.7. The number of anilines is 1. The summed E-state index contributed by atoms with van der Waals surface area (Å²) in [5, 5.41) is 17.2.